The SMILES string of the molecule is C=C/C=C\C1=C(C)CCc2cc(C(=O)N3CCCC3)ccc2C1(CC(C)NCC(=O)N1CCCC1C#N)c1nn[nH]n1. The van der Waals surface area contributed by atoms with E-state index < -0.39 is 5.41 Å². The average molecular weight is 569 g/mol. The maximum atomic E-state index is 13.3. The van der Waals surface area contributed by atoms with E-state index in [9.17, 15) is 14.9 Å². The molecule has 3 atom stereocenters. The van der Waals surface area contributed by atoms with Crippen molar-refractivity contribution in [1.29, 1.82) is 5.26 Å². The summed E-state index contributed by atoms with van der Waals surface area (Å²) >= 11 is 0. The number of aryl methyl sites for hydroxylation is 1. The lowest BCUT2D eigenvalue weighted by Gasteiger charge is -2.37. The van der Waals surface area contributed by atoms with Gasteiger partial charge in [0.15, 0.2) is 5.82 Å². The molecular weight excluding hydrogens is 528 g/mol. The number of tetrazole rings is 1. The zero-order valence-corrected chi connectivity index (χ0v) is 24.6. The van der Waals surface area contributed by atoms with Crippen LogP contribution in [0.2, 0.25) is 0 Å². The molecule has 2 aliphatic heterocycles. The van der Waals surface area contributed by atoms with E-state index >= 15 is 0 Å². The first-order valence-corrected chi connectivity index (χ1v) is 15.0. The fourth-order valence-corrected chi connectivity index (χ4v) is 6.86. The molecule has 2 fully saturated rings. The quantitative estimate of drug-likeness (QED) is 0.442. The van der Waals surface area contributed by atoms with E-state index in [-0.39, 0.29) is 30.4 Å². The Morgan fingerprint density at radius 3 is 2.79 bits per heavy atom. The Hall–Kier alpha value is -4.10. The Bertz CT molecular complexity index is 1420. The van der Waals surface area contributed by atoms with E-state index in [1.165, 1.54) is 5.57 Å². The summed E-state index contributed by atoms with van der Waals surface area (Å²) in [6.45, 7) is 10.4. The highest BCUT2D eigenvalue weighted by molar-refractivity contribution is 5.94. The molecule has 0 saturated carbocycles. The first-order valence-electron chi connectivity index (χ1n) is 15.0. The summed E-state index contributed by atoms with van der Waals surface area (Å²) < 4.78 is 0. The summed E-state index contributed by atoms with van der Waals surface area (Å²) in [7, 11) is 0. The number of H-pyrrole nitrogens is 1. The first kappa shape index (κ1) is 29.4. The molecule has 2 saturated heterocycles. The van der Waals surface area contributed by atoms with Crippen molar-refractivity contribution in [2.45, 2.75) is 76.3 Å². The molecule has 42 heavy (non-hydrogen) atoms. The number of hydrogen-bond acceptors (Lipinski definition) is 7. The van der Waals surface area contributed by atoms with Crippen LogP contribution in [0.1, 0.15) is 79.7 Å². The van der Waals surface area contributed by atoms with Crippen molar-refractivity contribution in [2.75, 3.05) is 26.2 Å². The van der Waals surface area contributed by atoms with Crippen LogP contribution in [-0.4, -0.2) is 80.5 Å². The second-order valence-electron chi connectivity index (χ2n) is 11.7. The molecule has 0 radical (unpaired) electrons. The molecule has 10 nitrogen and oxygen atoms in total. The number of aromatic amines is 1. The third-order valence-corrected chi connectivity index (χ3v) is 8.96. The molecule has 5 rings (SSSR count). The lowest BCUT2D eigenvalue weighted by atomic mass is 9.67. The molecular formula is C32H40N8O2. The number of likely N-dealkylation sites (tertiary alicyclic amines) is 2. The second kappa shape index (κ2) is 12.8. The Kier molecular flexibility index (Phi) is 8.97. The summed E-state index contributed by atoms with van der Waals surface area (Å²) in [4.78, 5) is 30.0. The van der Waals surface area contributed by atoms with Gasteiger partial charge in [-0.15, -0.1) is 10.2 Å². The zero-order chi connectivity index (χ0) is 29.7. The minimum atomic E-state index is -0.796. The Morgan fingerprint density at radius 2 is 2.07 bits per heavy atom. The van der Waals surface area contributed by atoms with Crippen LogP contribution in [0, 0.1) is 11.3 Å². The smallest absolute Gasteiger partial charge is 0.253 e. The van der Waals surface area contributed by atoms with Crippen LogP contribution in [0.4, 0.5) is 0 Å². The lowest BCUT2D eigenvalue weighted by molar-refractivity contribution is -0.130. The summed E-state index contributed by atoms with van der Waals surface area (Å²) in [6, 6.07) is 7.81. The van der Waals surface area contributed by atoms with Gasteiger partial charge in [0.2, 0.25) is 5.91 Å². The van der Waals surface area contributed by atoms with Crippen molar-refractivity contribution in [3.05, 3.63) is 76.7 Å². The number of hydrogen-bond donors (Lipinski definition) is 2. The number of nitriles is 1. The van der Waals surface area contributed by atoms with Gasteiger partial charge in [0, 0.05) is 31.2 Å². The van der Waals surface area contributed by atoms with E-state index in [4.69, 9.17) is 0 Å². The number of amides is 2. The predicted molar refractivity (Wildman–Crippen MR) is 159 cm³/mol. The summed E-state index contributed by atoms with van der Waals surface area (Å²) in [5.74, 6) is 0.549. The molecule has 220 valence electrons. The van der Waals surface area contributed by atoms with Crippen LogP contribution in [0.15, 0.2) is 54.2 Å². The van der Waals surface area contributed by atoms with Gasteiger partial charge in [-0.05, 0) is 87.6 Å². The van der Waals surface area contributed by atoms with Gasteiger partial charge in [0.05, 0.1) is 18.0 Å². The lowest BCUT2D eigenvalue weighted by Crippen LogP contribution is -2.45. The summed E-state index contributed by atoms with van der Waals surface area (Å²) in [6.07, 6.45) is 11.6. The average Bonchev–Trinajstić information content (AvgIpc) is 3.80. The van der Waals surface area contributed by atoms with E-state index in [0.29, 0.717) is 24.4 Å². The molecule has 1 aliphatic carbocycles. The standard InChI is InChI=1S/C32H40N8O2/c1-4-5-10-27-22(2)11-12-24-18-25(30(42)39-15-6-7-16-39)13-14-28(24)32(27,31-35-37-38-36-31)19-23(3)34-21-29(41)40-17-8-9-26(40)20-33/h4-5,10,13-14,18,23,26,34H,1,6-9,11-12,15-17,19,21H2,2-3H3,(H,35,36,37,38)/b10-5-. The number of nitrogens with zero attached hydrogens (tertiary/aromatic N) is 6. The fourth-order valence-electron chi connectivity index (χ4n) is 6.86. The number of fused-ring (bicyclic) bond motifs is 1. The van der Waals surface area contributed by atoms with Gasteiger partial charge in [-0.3, -0.25) is 9.59 Å². The molecule has 2 aromatic rings. The maximum Gasteiger partial charge on any atom is 0.253 e. The van der Waals surface area contributed by atoms with Gasteiger partial charge in [-0.1, -0.05) is 41.7 Å². The predicted octanol–water partition coefficient (Wildman–Crippen LogP) is 3.61. The van der Waals surface area contributed by atoms with Crippen LogP contribution < -0.4 is 5.32 Å². The van der Waals surface area contributed by atoms with Gasteiger partial charge < -0.3 is 15.1 Å². The molecule has 3 heterocycles. The highest BCUT2D eigenvalue weighted by Gasteiger charge is 2.46. The van der Waals surface area contributed by atoms with Crippen molar-refractivity contribution < 1.29 is 9.59 Å². The Labute approximate surface area is 247 Å². The van der Waals surface area contributed by atoms with Gasteiger partial charge >= 0.3 is 0 Å². The largest absolute Gasteiger partial charge is 0.339 e. The zero-order valence-electron chi connectivity index (χ0n) is 24.6. The van der Waals surface area contributed by atoms with Crippen LogP contribution in [0.3, 0.4) is 0 Å². The number of aromatic nitrogens is 4. The number of carbonyl (C=O) groups excluding carboxylic acids is 2. The van der Waals surface area contributed by atoms with Crippen molar-refractivity contribution >= 4 is 11.8 Å². The molecule has 1 aromatic heterocycles. The van der Waals surface area contributed by atoms with Crippen molar-refractivity contribution in [3.8, 4) is 6.07 Å². The van der Waals surface area contributed by atoms with Crippen LogP contribution >= 0.6 is 0 Å². The first-order chi connectivity index (χ1) is 20.4. The fraction of sp³-hybridized carbons (Fsp3) is 0.500. The third kappa shape index (κ3) is 5.66. The minimum Gasteiger partial charge on any atom is -0.339 e. The number of carbonyl (C=O) groups is 2. The van der Waals surface area contributed by atoms with Crippen molar-refractivity contribution in [3.63, 3.8) is 0 Å². The normalized spacial score (nSPS) is 23.1. The number of nitrogens with one attached hydrogen (secondary N) is 2. The van der Waals surface area contributed by atoms with Crippen LogP contribution in [-0.2, 0) is 16.6 Å². The highest BCUT2D eigenvalue weighted by atomic mass is 16.2. The topological polar surface area (TPSA) is 131 Å². The Balaban J connectivity index is 1.54. The number of rotatable bonds is 9. The van der Waals surface area contributed by atoms with Crippen molar-refractivity contribution in [1.82, 2.24) is 35.7 Å². The van der Waals surface area contributed by atoms with E-state index in [1.807, 2.05) is 17.0 Å². The highest BCUT2D eigenvalue weighted by Crippen LogP contribution is 2.47. The molecule has 0 spiro atoms. The molecule has 10 heteroatoms. The molecule has 1 aromatic carbocycles. The van der Waals surface area contributed by atoms with E-state index in [2.05, 4.69) is 70.6 Å². The van der Waals surface area contributed by atoms with Gasteiger partial charge in [-0.2, -0.15) is 10.5 Å². The van der Waals surface area contributed by atoms with Crippen molar-refractivity contribution in [2.24, 2.45) is 0 Å². The Morgan fingerprint density at radius 1 is 1.26 bits per heavy atom. The number of benzene rings is 1. The van der Waals surface area contributed by atoms with E-state index in [1.54, 1.807) is 11.0 Å². The van der Waals surface area contributed by atoms with Crippen LogP contribution in [0.25, 0.3) is 0 Å². The third-order valence-electron chi connectivity index (χ3n) is 8.96. The van der Waals surface area contributed by atoms with Gasteiger partial charge in [0.25, 0.3) is 5.91 Å². The molecule has 2 N–H and O–H groups in total. The summed E-state index contributed by atoms with van der Waals surface area (Å²) in [5.41, 5.74) is 4.28. The van der Waals surface area contributed by atoms with Crippen LogP contribution in [0.5, 0.6) is 0 Å². The summed E-state index contributed by atoms with van der Waals surface area (Å²) in [5, 5.41) is 28.6. The molecule has 3 unspecified atom stereocenters. The number of allylic oxidation sites excluding steroid dienone is 5. The van der Waals surface area contributed by atoms with E-state index in [0.717, 1.165) is 68.3 Å². The molecule has 2 amide bonds. The minimum absolute atomic E-state index is 0.0654. The molecule has 3 aliphatic rings. The van der Waals surface area contributed by atoms with Gasteiger partial charge in [-0.25, -0.2) is 0 Å². The second-order valence-corrected chi connectivity index (χ2v) is 11.7. The molecule has 0 bridgehead atoms. The van der Waals surface area contributed by atoms with Gasteiger partial charge in [0.1, 0.15) is 6.04 Å². The monoisotopic (exact) mass is 568 g/mol. The maximum absolute atomic E-state index is 13.3.